The normalized spacial score (nSPS) is 22.4. The van der Waals surface area contributed by atoms with Gasteiger partial charge in [-0.25, -0.2) is 0 Å². The van der Waals surface area contributed by atoms with E-state index in [-0.39, 0.29) is 17.4 Å². The fraction of sp³-hybridized carbons (Fsp3) is 0.632. The van der Waals surface area contributed by atoms with Gasteiger partial charge < -0.3 is 14.8 Å². The average Bonchev–Trinajstić information content (AvgIpc) is 3.21. The van der Waals surface area contributed by atoms with Gasteiger partial charge in [-0.1, -0.05) is 25.3 Å². The Morgan fingerprint density at radius 1 is 1.24 bits per heavy atom. The molecule has 1 aliphatic heterocycles. The van der Waals surface area contributed by atoms with Crippen molar-refractivity contribution in [3.63, 3.8) is 0 Å². The Morgan fingerprint density at radius 2 is 2.00 bits per heavy atom. The molecule has 1 saturated carbocycles. The number of ether oxygens (including phenoxy) is 2. The summed E-state index contributed by atoms with van der Waals surface area (Å²) in [6, 6.07) is 6.13. The Bertz CT molecular complexity index is 596. The summed E-state index contributed by atoms with van der Waals surface area (Å²) >= 11 is 1.77. The van der Waals surface area contributed by atoms with E-state index in [9.17, 15) is 4.79 Å². The summed E-state index contributed by atoms with van der Waals surface area (Å²) in [7, 11) is 3.32. The third-order valence-corrected chi connectivity index (χ3v) is 6.38. The molecule has 1 aromatic rings. The fourth-order valence-corrected chi connectivity index (χ4v) is 4.85. The van der Waals surface area contributed by atoms with Crippen LogP contribution in [-0.4, -0.2) is 44.3 Å². The molecule has 138 valence electrons. The van der Waals surface area contributed by atoms with Crippen LogP contribution >= 0.6 is 11.8 Å². The lowest BCUT2D eigenvalue weighted by molar-refractivity contribution is -0.122. The van der Waals surface area contributed by atoms with E-state index in [0.717, 1.165) is 36.0 Å². The molecule has 1 aliphatic carbocycles. The SMILES string of the molecule is COc1ccc(C2(CNC(=O)C3CSCN3)CCCCC2)cc1OC. The third kappa shape index (κ3) is 4.06. The van der Waals surface area contributed by atoms with Gasteiger partial charge in [-0.2, -0.15) is 0 Å². The van der Waals surface area contributed by atoms with E-state index < -0.39 is 0 Å². The van der Waals surface area contributed by atoms with Crippen LogP contribution in [0.15, 0.2) is 18.2 Å². The molecule has 0 bridgehead atoms. The zero-order valence-electron chi connectivity index (χ0n) is 15.1. The molecule has 6 heteroatoms. The summed E-state index contributed by atoms with van der Waals surface area (Å²) in [5.74, 6) is 3.34. The van der Waals surface area contributed by atoms with Gasteiger partial charge in [-0.3, -0.25) is 10.1 Å². The lowest BCUT2D eigenvalue weighted by Crippen LogP contribution is -2.48. The smallest absolute Gasteiger partial charge is 0.238 e. The van der Waals surface area contributed by atoms with E-state index in [1.165, 1.54) is 24.8 Å². The number of nitrogens with one attached hydrogen (secondary N) is 2. The molecule has 2 aliphatic rings. The Kier molecular flexibility index (Phi) is 6.12. The summed E-state index contributed by atoms with van der Waals surface area (Å²) < 4.78 is 10.9. The zero-order valence-corrected chi connectivity index (χ0v) is 15.9. The summed E-state index contributed by atoms with van der Waals surface area (Å²) in [5.41, 5.74) is 1.22. The second-order valence-corrected chi connectivity index (χ2v) is 7.93. The van der Waals surface area contributed by atoms with E-state index in [4.69, 9.17) is 9.47 Å². The first kappa shape index (κ1) is 18.4. The van der Waals surface area contributed by atoms with Gasteiger partial charge >= 0.3 is 0 Å². The predicted molar refractivity (Wildman–Crippen MR) is 102 cm³/mol. The maximum absolute atomic E-state index is 12.5. The van der Waals surface area contributed by atoms with Crippen LogP contribution in [0, 0.1) is 0 Å². The number of rotatable bonds is 6. The standard InChI is InChI=1S/C19H28N2O3S/c1-23-16-7-6-14(10-17(16)24-2)19(8-4-3-5-9-19)12-20-18(22)15-11-25-13-21-15/h6-7,10,15,21H,3-5,8-9,11-13H2,1-2H3,(H,20,22). The fourth-order valence-electron chi connectivity index (χ4n) is 3.91. The van der Waals surface area contributed by atoms with Crippen LogP contribution in [0.5, 0.6) is 11.5 Å². The van der Waals surface area contributed by atoms with Gasteiger partial charge in [-0.05, 0) is 30.5 Å². The molecule has 0 aromatic heterocycles. The molecule has 0 spiro atoms. The van der Waals surface area contributed by atoms with Crippen molar-refractivity contribution in [2.75, 3.05) is 32.4 Å². The highest BCUT2D eigenvalue weighted by Gasteiger charge is 2.36. The van der Waals surface area contributed by atoms with Crippen molar-refractivity contribution >= 4 is 17.7 Å². The number of hydrogen-bond acceptors (Lipinski definition) is 5. The van der Waals surface area contributed by atoms with Crippen molar-refractivity contribution in [3.8, 4) is 11.5 Å². The Balaban J connectivity index is 1.79. The molecule has 2 N–H and O–H groups in total. The highest BCUT2D eigenvalue weighted by Crippen LogP contribution is 2.42. The minimum absolute atomic E-state index is 0.0147. The van der Waals surface area contributed by atoms with E-state index in [0.29, 0.717) is 6.54 Å². The Morgan fingerprint density at radius 3 is 2.64 bits per heavy atom. The maximum Gasteiger partial charge on any atom is 0.238 e. The summed E-state index contributed by atoms with van der Waals surface area (Å²) in [6.07, 6.45) is 5.85. The highest BCUT2D eigenvalue weighted by atomic mass is 32.2. The molecule has 1 saturated heterocycles. The van der Waals surface area contributed by atoms with Crippen LogP contribution in [0.1, 0.15) is 37.7 Å². The molecule has 5 nitrogen and oxygen atoms in total. The predicted octanol–water partition coefficient (Wildman–Crippen LogP) is 2.68. The van der Waals surface area contributed by atoms with Gasteiger partial charge in [0.2, 0.25) is 5.91 Å². The number of thioether (sulfide) groups is 1. The molecule has 3 rings (SSSR count). The first-order valence-corrected chi connectivity index (χ1v) is 10.2. The van der Waals surface area contributed by atoms with Crippen molar-refractivity contribution in [1.29, 1.82) is 0 Å². The first-order chi connectivity index (χ1) is 12.2. The van der Waals surface area contributed by atoms with Crippen molar-refractivity contribution in [2.45, 2.75) is 43.6 Å². The Labute approximate surface area is 154 Å². The lowest BCUT2D eigenvalue weighted by Gasteiger charge is -2.38. The molecule has 1 amide bonds. The largest absolute Gasteiger partial charge is 0.493 e. The monoisotopic (exact) mass is 364 g/mol. The van der Waals surface area contributed by atoms with Crippen molar-refractivity contribution in [2.24, 2.45) is 0 Å². The zero-order chi connectivity index (χ0) is 17.7. The van der Waals surface area contributed by atoms with Crippen LogP contribution in [0.3, 0.4) is 0 Å². The minimum atomic E-state index is -0.0592. The van der Waals surface area contributed by atoms with Crippen LogP contribution < -0.4 is 20.1 Å². The molecule has 25 heavy (non-hydrogen) atoms. The highest BCUT2D eigenvalue weighted by molar-refractivity contribution is 7.99. The van der Waals surface area contributed by atoms with Crippen molar-refractivity contribution in [3.05, 3.63) is 23.8 Å². The van der Waals surface area contributed by atoms with Gasteiger partial charge in [0.05, 0.1) is 20.3 Å². The first-order valence-electron chi connectivity index (χ1n) is 9.00. The topological polar surface area (TPSA) is 59.6 Å². The molecule has 1 unspecified atom stereocenters. The van der Waals surface area contributed by atoms with Crippen LogP contribution in [0.2, 0.25) is 0 Å². The lowest BCUT2D eigenvalue weighted by atomic mass is 9.69. The van der Waals surface area contributed by atoms with Gasteiger partial charge in [0, 0.05) is 23.6 Å². The Hall–Kier alpha value is -1.40. The number of benzene rings is 1. The third-order valence-electron chi connectivity index (χ3n) is 5.44. The maximum atomic E-state index is 12.5. The summed E-state index contributed by atoms with van der Waals surface area (Å²) in [5, 5.41) is 6.46. The van der Waals surface area contributed by atoms with Gasteiger partial charge in [0.15, 0.2) is 11.5 Å². The van der Waals surface area contributed by atoms with Crippen molar-refractivity contribution in [1.82, 2.24) is 10.6 Å². The van der Waals surface area contributed by atoms with Gasteiger partial charge in [0.25, 0.3) is 0 Å². The van der Waals surface area contributed by atoms with Crippen LogP contribution in [0.25, 0.3) is 0 Å². The molecule has 1 heterocycles. The molecular formula is C19H28N2O3S. The summed E-state index contributed by atoms with van der Waals surface area (Å²) in [6.45, 7) is 0.685. The van der Waals surface area contributed by atoms with E-state index in [1.54, 1.807) is 26.0 Å². The minimum Gasteiger partial charge on any atom is -0.493 e. The van der Waals surface area contributed by atoms with Gasteiger partial charge in [-0.15, -0.1) is 11.8 Å². The molecule has 0 radical (unpaired) electrons. The quantitative estimate of drug-likeness (QED) is 0.813. The average molecular weight is 365 g/mol. The van der Waals surface area contributed by atoms with Crippen LogP contribution in [0.4, 0.5) is 0 Å². The van der Waals surface area contributed by atoms with E-state index >= 15 is 0 Å². The molecule has 2 fully saturated rings. The van der Waals surface area contributed by atoms with Crippen molar-refractivity contribution < 1.29 is 14.3 Å². The van der Waals surface area contributed by atoms with Gasteiger partial charge in [0.1, 0.15) is 0 Å². The number of carbonyl (C=O) groups excluding carboxylic acids is 1. The van der Waals surface area contributed by atoms with E-state index in [1.807, 2.05) is 6.07 Å². The number of amides is 1. The second kappa shape index (κ2) is 8.32. The molecule has 1 atom stereocenters. The number of methoxy groups -OCH3 is 2. The number of hydrogen-bond donors (Lipinski definition) is 2. The summed E-state index contributed by atoms with van der Waals surface area (Å²) in [4.78, 5) is 12.5. The molecular weight excluding hydrogens is 336 g/mol. The van der Waals surface area contributed by atoms with E-state index in [2.05, 4.69) is 22.8 Å². The van der Waals surface area contributed by atoms with Crippen LogP contribution in [-0.2, 0) is 10.2 Å². The second-order valence-electron chi connectivity index (χ2n) is 6.90. The molecule has 1 aromatic carbocycles. The number of carbonyl (C=O) groups is 1.